The van der Waals surface area contributed by atoms with Crippen molar-refractivity contribution in [2.24, 2.45) is 0 Å². The first-order valence-electron chi connectivity index (χ1n) is 5.98. The molecule has 0 unspecified atom stereocenters. The lowest BCUT2D eigenvalue weighted by molar-refractivity contribution is -0.113. The van der Waals surface area contributed by atoms with Crippen molar-refractivity contribution in [3.8, 4) is 0 Å². The lowest BCUT2D eigenvalue weighted by Crippen LogP contribution is -2.26. The molecule has 96 valence electrons. The van der Waals surface area contributed by atoms with Gasteiger partial charge in [0.25, 0.3) is 5.91 Å². The quantitative estimate of drug-likeness (QED) is 0.582. The van der Waals surface area contributed by atoms with Gasteiger partial charge < -0.3 is 5.32 Å². The second-order valence-corrected chi connectivity index (χ2v) is 4.69. The van der Waals surface area contributed by atoms with Gasteiger partial charge in [0, 0.05) is 5.57 Å². The maximum atomic E-state index is 12.2. The highest BCUT2D eigenvalue weighted by Gasteiger charge is 2.30. The van der Waals surface area contributed by atoms with E-state index in [0.717, 1.165) is 6.42 Å². The van der Waals surface area contributed by atoms with Crippen LogP contribution in [0.5, 0.6) is 0 Å². The number of allylic oxidation sites excluding steroid dienone is 2. The van der Waals surface area contributed by atoms with Crippen LogP contribution in [0.4, 0.5) is 16.2 Å². The number of para-hydroxylation sites is 2. The van der Waals surface area contributed by atoms with Gasteiger partial charge in [-0.3, -0.25) is 14.5 Å². The number of nitrogens with one attached hydrogen (secondary N) is 1. The third-order valence-corrected chi connectivity index (χ3v) is 3.40. The normalized spacial score (nSPS) is 17.5. The van der Waals surface area contributed by atoms with E-state index >= 15 is 0 Å². The van der Waals surface area contributed by atoms with Crippen molar-refractivity contribution in [3.63, 3.8) is 0 Å². The summed E-state index contributed by atoms with van der Waals surface area (Å²) < 4.78 is 0. The molecule has 4 nitrogen and oxygen atoms in total. The molecule has 0 saturated heterocycles. The molecule has 0 bridgehead atoms. The molecule has 1 heterocycles. The lowest BCUT2D eigenvalue weighted by Gasteiger charge is -2.23. The molecule has 19 heavy (non-hydrogen) atoms. The Labute approximate surface area is 115 Å². The Morgan fingerprint density at radius 2 is 2.11 bits per heavy atom. The van der Waals surface area contributed by atoms with Gasteiger partial charge in [-0.1, -0.05) is 18.2 Å². The SMILES string of the molecule is O=C1Nc2ccccc2N(C(=O)Cl)C2=C1CCC=C2. The third-order valence-electron chi connectivity index (χ3n) is 3.23. The summed E-state index contributed by atoms with van der Waals surface area (Å²) in [6.07, 6.45) is 5.10. The molecule has 3 rings (SSSR count). The summed E-state index contributed by atoms with van der Waals surface area (Å²) in [7, 11) is 0. The van der Waals surface area contributed by atoms with Crippen LogP contribution in [-0.2, 0) is 4.79 Å². The van der Waals surface area contributed by atoms with Gasteiger partial charge in [0.1, 0.15) is 0 Å². The molecule has 0 saturated carbocycles. The van der Waals surface area contributed by atoms with Gasteiger partial charge in [-0.05, 0) is 42.7 Å². The molecule has 1 aliphatic carbocycles. The van der Waals surface area contributed by atoms with Crippen molar-refractivity contribution >= 4 is 34.2 Å². The van der Waals surface area contributed by atoms with E-state index in [9.17, 15) is 9.59 Å². The highest BCUT2D eigenvalue weighted by Crippen LogP contribution is 2.36. The summed E-state index contributed by atoms with van der Waals surface area (Å²) in [6, 6.07) is 7.11. The molecule has 0 aromatic heterocycles. The molecule has 0 atom stereocenters. The van der Waals surface area contributed by atoms with E-state index in [0.29, 0.717) is 29.1 Å². The molecule has 5 heteroatoms. The van der Waals surface area contributed by atoms with Gasteiger partial charge in [0.05, 0.1) is 17.1 Å². The minimum absolute atomic E-state index is 0.174. The van der Waals surface area contributed by atoms with Gasteiger partial charge in [-0.25, -0.2) is 0 Å². The predicted molar refractivity (Wildman–Crippen MR) is 74.2 cm³/mol. The number of hydrogen-bond donors (Lipinski definition) is 1. The van der Waals surface area contributed by atoms with Crippen LogP contribution in [0.25, 0.3) is 0 Å². The summed E-state index contributed by atoms with van der Waals surface area (Å²) in [5.41, 5.74) is 2.33. The number of halogens is 1. The maximum Gasteiger partial charge on any atom is 0.325 e. The smallest absolute Gasteiger partial charge is 0.320 e. The summed E-state index contributed by atoms with van der Waals surface area (Å²) in [4.78, 5) is 25.3. The van der Waals surface area contributed by atoms with Gasteiger partial charge in [-0.2, -0.15) is 0 Å². The first-order valence-corrected chi connectivity index (χ1v) is 6.36. The fourth-order valence-corrected chi connectivity index (χ4v) is 2.56. The van der Waals surface area contributed by atoms with Crippen LogP contribution in [-0.4, -0.2) is 11.3 Å². The zero-order valence-corrected chi connectivity index (χ0v) is 10.8. The molecule has 2 aliphatic rings. The predicted octanol–water partition coefficient (Wildman–Crippen LogP) is 3.41. The number of nitrogens with zero attached hydrogens (tertiary/aromatic N) is 1. The van der Waals surface area contributed by atoms with Gasteiger partial charge >= 0.3 is 5.37 Å². The number of rotatable bonds is 0. The number of anilines is 2. The van der Waals surface area contributed by atoms with Crippen molar-refractivity contribution in [2.45, 2.75) is 12.8 Å². The van der Waals surface area contributed by atoms with E-state index in [2.05, 4.69) is 5.32 Å². The highest BCUT2D eigenvalue weighted by molar-refractivity contribution is 6.66. The topological polar surface area (TPSA) is 49.4 Å². The van der Waals surface area contributed by atoms with E-state index in [1.54, 1.807) is 30.3 Å². The zero-order chi connectivity index (χ0) is 13.4. The standard InChI is InChI=1S/C14H11ClN2O2/c15-14(19)17-11-7-3-1-5-9(11)13(18)16-10-6-2-4-8-12(10)17/h2-4,6-8H,1,5H2,(H,16,18). The highest BCUT2D eigenvalue weighted by atomic mass is 35.5. The van der Waals surface area contributed by atoms with E-state index < -0.39 is 5.37 Å². The van der Waals surface area contributed by atoms with Crippen LogP contribution in [0.15, 0.2) is 47.7 Å². The molecule has 0 radical (unpaired) electrons. The Bertz CT molecular complexity index is 634. The number of benzene rings is 1. The number of amides is 2. The molecule has 1 aromatic rings. The molecule has 1 aliphatic heterocycles. The number of carbonyl (C=O) groups is 2. The van der Waals surface area contributed by atoms with Crippen LogP contribution in [0.1, 0.15) is 12.8 Å². The molecular formula is C14H11ClN2O2. The number of fused-ring (bicyclic) bond motifs is 1. The van der Waals surface area contributed by atoms with Gasteiger partial charge in [0.15, 0.2) is 0 Å². The Morgan fingerprint density at radius 3 is 2.89 bits per heavy atom. The zero-order valence-electron chi connectivity index (χ0n) is 10.0. The lowest BCUT2D eigenvalue weighted by atomic mass is 10.0. The summed E-state index contributed by atoms with van der Waals surface area (Å²) in [5, 5.41) is 2.20. The van der Waals surface area contributed by atoms with Gasteiger partial charge in [-0.15, -0.1) is 0 Å². The van der Waals surface area contributed by atoms with Crippen molar-refractivity contribution in [1.82, 2.24) is 0 Å². The largest absolute Gasteiger partial charge is 0.325 e. The van der Waals surface area contributed by atoms with E-state index in [4.69, 9.17) is 11.6 Å². The van der Waals surface area contributed by atoms with Crippen LogP contribution >= 0.6 is 11.6 Å². The fourth-order valence-electron chi connectivity index (χ4n) is 2.38. The van der Waals surface area contributed by atoms with Crippen molar-refractivity contribution in [1.29, 1.82) is 0 Å². The van der Waals surface area contributed by atoms with Crippen molar-refractivity contribution in [2.75, 3.05) is 10.2 Å². The van der Waals surface area contributed by atoms with Crippen LogP contribution in [0.3, 0.4) is 0 Å². The van der Waals surface area contributed by atoms with E-state index in [-0.39, 0.29) is 5.91 Å². The van der Waals surface area contributed by atoms with Crippen LogP contribution < -0.4 is 10.2 Å². The second-order valence-electron chi connectivity index (χ2n) is 4.36. The minimum atomic E-state index is -0.622. The average molecular weight is 275 g/mol. The van der Waals surface area contributed by atoms with Crippen LogP contribution in [0, 0.1) is 0 Å². The first kappa shape index (κ1) is 12.0. The molecule has 1 N–H and O–H groups in total. The monoisotopic (exact) mass is 274 g/mol. The maximum absolute atomic E-state index is 12.2. The van der Waals surface area contributed by atoms with Crippen LogP contribution in [0.2, 0.25) is 0 Å². The number of carbonyl (C=O) groups excluding carboxylic acids is 2. The molecule has 2 amide bonds. The molecule has 0 spiro atoms. The summed E-state index contributed by atoms with van der Waals surface area (Å²) in [5.74, 6) is -0.174. The molecule has 0 fully saturated rings. The molecular weight excluding hydrogens is 264 g/mol. The Balaban J connectivity index is 2.25. The number of hydrogen-bond acceptors (Lipinski definition) is 2. The third kappa shape index (κ3) is 1.94. The average Bonchev–Trinajstić information content (AvgIpc) is 2.53. The fraction of sp³-hybridized carbons (Fsp3) is 0.143. The van der Waals surface area contributed by atoms with Crippen molar-refractivity contribution in [3.05, 3.63) is 47.7 Å². The second kappa shape index (κ2) is 4.55. The summed E-state index contributed by atoms with van der Waals surface area (Å²) in [6.45, 7) is 0. The minimum Gasteiger partial charge on any atom is -0.320 e. The van der Waals surface area contributed by atoms with E-state index in [1.807, 2.05) is 6.08 Å². The van der Waals surface area contributed by atoms with E-state index in [1.165, 1.54) is 4.90 Å². The van der Waals surface area contributed by atoms with Gasteiger partial charge in [0.2, 0.25) is 0 Å². The molecule has 1 aromatic carbocycles. The Hall–Kier alpha value is -2.07. The van der Waals surface area contributed by atoms with Crippen molar-refractivity contribution < 1.29 is 9.59 Å². The summed E-state index contributed by atoms with van der Waals surface area (Å²) >= 11 is 5.70. The Morgan fingerprint density at radius 1 is 1.32 bits per heavy atom. The Kier molecular flexibility index (Phi) is 2.87. The first-order chi connectivity index (χ1) is 9.18.